The lowest BCUT2D eigenvalue weighted by Crippen LogP contribution is -2.31. The van der Waals surface area contributed by atoms with Gasteiger partial charge in [-0.1, -0.05) is 0 Å². The first-order chi connectivity index (χ1) is 9.47. The van der Waals surface area contributed by atoms with E-state index in [1.807, 2.05) is 0 Å². The van der Waals surface area contributed by atoms with Crippen molar-refractivity contribution in [1.29, 1.82) is 0 Å². The molecule has 0 aromatic heterocycles. The fourth-order valence-electron chi connectivity index (χ4n) is 2.14. The second-order valence-corrected chi connectivity index (χ2v) is 4.58. The van der Waals surface area contributed by atoms with Crippen molar-refractivity contribution in [3.8, 4) is 0 Å². The molecule has 0 radical (unpaired) electrons. The molecule has 0 spiro atoms. The third-order valence-electron chi connectivity index (χ3n) is 3.20. The molecule has 0 bridgehead atoms. The number of alkyl halides is 2. The van der Waals surface area contributed by atoms with Gasteiger partial charge in [-0.25, -0.2) is 8.78 Å². The van der Waals surface area contributed by atoms with Crippen LogP contribution in [0.25, 0.3) is 5.57 Å². The van der Waals surface area contributed by atoms with Crippen LogP contribution in [0.15, 0.2) is 24.5 Å². The highest BCUT2D eigenvalue weighted by Gasteiger charge is 2.26. The van der Waals surface area contributed by atoms with Gasteiger partial charge in [-0.3, -0.25) is 0 Å². The Kier molecular flexibility index (Phi) is 4.65. The highest BCUT2D eigenvalue weighted by atomic mass is 19.3. The van der Waals surface area contributed by atoms with Crippen molar-refractivity contribution in [3.05, 3.63) is 41.7 Å². The van der Waals surface area contributed by atoms with Crippen molar-refractivity contribution < 1.29 is 27.0 Å². The first-order valence-electron chi connectivity index (χ1n) is 6.21. The maximum Gasteiger partial charge on any atom is 0.345 e. The van der Waals surface area contributed by atoms with Gasteiger partial charge >= 0.3 is 6.61 Å². The van der Waals surface area contributed by atoms with Gasteiger partial charge in [0.15, 0.2) is 0 Å². The first-order valence-corrected chi connectivity index (χ1v) is 6.21. The molecule has 1 heterocycles. The second-order valence-electron chi connectivity index (χ2n) is 4.58. The lowest BCUT2D eigenvalue weighted by molar-refractivity contribution is -0.184. The predicted molar refractivity (Wildman–Crippen MR) is 65.0 cm³/mol. The van der Waals surface area contributed by atoms with Crippen LogP contribution >= 0.6 is 0 Å². The fraction of sp³-hybridized carbons (Fsp3) is 0.429. The van der Waals surface area contributed by atoms with Gasteiger partial charge in [0.25, 0.3) is 0 Å². The van der Waals surface area contributed by atoms with Gasteiger partial charge in [-0.15, -0.1) is 0 Å². The van der Waals surface area contributed by atoms with E-state index in [4.69, 9.17) is 4.74 Å². The van der Waals surface area contributed by atoms with E-state index in [0.29, 0.717) is 18.4 Å². The molecule has 1 aliphatic rings. The van der Waals surface area contributed by atoms with Crippen LogP contribution in [-0.2, 0) is 9.47 Å². The number of ether oxygens (including phenoxy) is 2. The zero-order chi connectivity index (χ0) is 14.7. The molecule has 1 aromatic rings. The van der Waals surface area contributed by atoms with Crippen LogP contribution in [0.2, 0.25) is 0 Å². The Labute approximate surface area is 114 Å². The molecule has 0 aliphatic carbocycles. The van der Waals surface area contributed by atoms with Crippen molar-refractivity contribution in [2.24, 2.45) is 0 Å². The van der Waals surface area contributed by atoms with Gasteiger partial charge in [0.05, 0.1) is 12.4 Å². The molecule has 1 aliphatic heterocycles. The summed E-state index contributed by atoms with van der Waals surface area (Å²) in [4.78, 5) is 0. The standard InChI is InChI=1S/C14H14F4O2/c1-8(20-14(17)18)13-5-2-9(7-19-13)11-4-3-10(15)6-12(11)16/h3-4,6-8,13-14H,2,5H2,1H3/t8?,13-/m1/s1. The summed E-state index contributed by atoms with van der Waals surface area (Å²) in [6.07, 6.45) is 0.943. The molecule has 0 saturated heterocycles. The highest BCUT2D eigenvalue weighted by molar-refractivity contribution is 5.65. The van der Waals surface area contributed by atoms with Crippen molar-refractivity contribution in [1.82, 2.24) is 0 Å². The summed E-state index contributed by atoms with van der Waals surface area (Å²) < 4.78 is 60.3. The van der Waals surface area contributed by atoms with Crippen LogP contribution in [0.4, 0.5) is 17.6 Å². The van der Waals surface area contributed by atoms with Crippen molar-refractivity contribution in [2.75, 3.05) is 0 Å². The van der Waals surface area contributed by atoms with Gasteiger partial charge < -0.3 is 9.47 Å². The Morgan fingerprint density at radius 2 is 2.05 bits per heavy atom. The number of hydrogen-bond donors (Lipinski definition) is 0. The molecule has 0 amide bonds. The molecule has 0 saturated carbocycles. The molecule has 6 heteroatoms. The number of halogens is 4. The molecular formula is C14H14F4O2. The number of allylic oxidation sites excluding steroid dienone is 1. The van der Waals surface area contributed by atoms with E-state index >= 15 is 0 Å². The average molecular weight is 290 g/mol. The lowest BCUT2D eigenvalue weighted by Gasteiger charge is -2.28. The van der Waals surface area contributed by atoms with Gasteiger partial charge in [-0.05, 0) is 37.5 Å². The summed E-state index contributed by atoms with van der Waals surface area (Å²) in [5.74, 6) is -1.32. The van der Waals surface area contributed by atoms with Crippen LogP contribution < -0.4 is 0 Å². The summed E-state index contributed by atoms with van der Waals surface area (Å²) in [7, 11) is 0. The highest BCUT2D eigenvalue weighted by Crippen LogP contribution is 2.30. The van der Waals surface area contributed by atoms with E-state index in [1.165, 1.54) is 19.3 Å². The normalized spacial score (nSPS) is 20.5. The Bertz CT molecular complexity index is 502. The Morgan fingerprint density at radius 1 is 1.30 bits per heavy atom. The molecule has 2 rings (SSSR count). The monoisotopic (exact) mass is 290 g/mol. The largest absolute Gasteiger partial charge is 0.495 e. The molecule has 20 heavy (non-hydrogen) atoms. The van der Waals surface area contributed by atoms with E-state index in [1.54, 1.807) is 0 Å². The van der Waals surface area contributed by atoms with E-state index in [-0.39, 0.29) is 5.56 Å². The maximum absolute atomic E-state index is 13.6. The topological polar surface area (TPSA) is 18.5 Å². The first kappa shape index (κ1) is 14.8. The van der Waals surface area contributed by atoms with Crippen LogP contribution in [0.3, 0.4) is 0 Å². The van der Waals surface area contributed by atoms with Gasteiger partial charge in [-0.2, -0.15) is 8.78 Å². The minimum absolute atomic E-state index is 0.257. The quantitative estimate of drug-likeness (QED) is 0.777. The fourth-order valence-corrected chi connectivity index (χ4v) is 2.14. The van der Waals surface area contributed by atoms with Gasteiger partial charge in [0.1, 0.15) is 17.7 Å². The minimum Gasteiger partial charge on any atom is -0.495 e. The zero-order valence-electron chi connectivity index (χ0n) is 10.8. The Morgan fingerprint density at radius 3 is 2.60 bits per heavy atom. The maximum atomic E-state index is 13.6. The molecule has 1 aromatic carbocycles. The summed E-state index contributed by atoms with van der Waals surface area (Å²) in [6, 6.07) is 3.29. The third-order valence-corrected chi connectivity index (χ3v) is 3.20. The summed E-state index contributed by atoms with van der Waals surface area (Å²) in [5.41, 5.74) is 0.829. The van der Waals surface area contributed by atoms with Gasteiger partial charge in [0.2, 0.25) is 0 Å². The molecule has 110 valence electrons. The predicted octanol–water partition coefficient (Wildman–Crippen LogP) is 4.11. The van der Waals surface area contributed by atoms with Crippen molar-refractivity contribution >= 4 is 5.57 Å². The average Bonchev–Trinajstić information content (AvgIpc) is 2.38. The lowest BCUT2D eigenvalue weighted by atomic mass is 9.96. The Hall–Kier alpha value is -1.56. The summed E-state index contributed by atoms with van der Waals surface area (Å²) in [5, 5.41) is 0. The zero-order valence-corrected chi connectivity index (χ0v) is 10.8. The van der Waals surface area contributed by atoms with Crippen LogP contribution in [0.5, 0.6) is 0 Å². The molecule has 0 fully saturated rings. The minimum atomic E-state index is -2.85. The van der Waals surface area contributed by atoms with Crippen molar-refractivity contribution in [3.63, 3.8) is 0 Å². The van der Waals surface area contributed by atoms with Crippen LogP contribution in [0.1, 0.15) is 25.3 Å². The number of hydrogen-bond acceptors (Lipinski definition) is 2. The molecule has 0 N–H and O–H groups in total. The van der Waals surface area contributed by atoms with E-state index in [0.717, 1.165) is 12.1 Å². The van der Waals surface area contributed by atoms with Crippen LogP contribution in [0, 0.1) is 11.6 Å². The van der Waals surface area contributed by atoms with Crippen LogP contribution in [-0.4, -0.2) is 18.8 Å². The number of benzene rings is 1. The number of rotatable bonds is 4. The Balaban J connectivity index is 2.05. The van der Waals surface area contributed by atoms with E-state index in [9.17, 15) is 17.6 Å². The van der Waals surface area contributed by atoms with E-state index in [2.05, 4.69) is 4.74 Å². The molecule has 2 atom stereocenters. The SMILES string of the molecule is CC(OC(F)F)[C@H]1CCC(c2ccc(F)cc2F)=CO1. The molecular weight excluding hydrogens is 276 g/mol. The van der Waals surface area contributed by atoms with Crippen molar-refractivity contribution in [2.45, 2.75) is 38.6 Å². The van der Waals surface area contributed by atoms with Gasteiger partial charge in [0, 0.05) is 11.6 Å². The van der Waals surface area contributed by atoms with E-state index < -0.39 is 30.5 Å². The third kappa shape index (κ3) is 3.50. The summed E-state index contributed by atoms with van der Waals surface area (Å²) in [6.45, 7) is -1.36. The smallest absolute Gasteiger partial charge is 0.345 e. The second kappa shape index (κ2) is 6.26. The molecule has 2 nitrogen and oxygen atoms in total. The summed E-state index contributed by atoms with van der Waals surface area (Å²) >= 11 is 0. The molecule has 1 unspecified atom stereocenters.